The number of anilines is 1. The van der Waals surface area contributed by atoms with Gasteiger partial charge in [0.1, 0.15) is 0 Å². The van der Waals surface area contributed by atoms with Crippen LogP contribution >= 0.6 is 11.6 Å². The fourth-order valence-electron chi connectivity index (χ4n) is 5.04. The van der Waals surface area contributed by atoms with Crippen LogP contribution in [0.25, 0.3) is 11.4 Å². The molecule has 2 aliphatic heterocycles. The molecule has 0 radical (unpaired) electrons. The Morgan fingerprint density at radius 2 is 1.92 bits per heavy atom. The van der Waals surface area contributed by atoms with Crippen LogP contribution in [0.1, 0.15) is 24.3 Å². The van der Waals surface area contributed by atoms with Gasteiger partial charge in [-0.2, -0.15) is 9.29 Å². The summed E-state index contributed by atoms with van der Waals surface area (Å²) in [6, 6.07) is 12.4. The fourth-order valence-corrected chi connectivity index (χ4v) is 6.90. The lowest BCUT2D eigenvalue weighted by atomic mass is 9.97. The third-order valence-electron chi connectivity index (χ3n) is 7.32. The van der Waals surface area contributed by atoms with E-state index >= 15 is 0 Å². The largest absolute Gasteiger partial charge is 0.338 e. The summed E-state index contributed by atoms with van der Waals surface area (Å²) in [6.07, 6.45) is 1.60. The topological polar surface area (TPSA) is 112 Å². The Balaban J connectivity index is 1.22. The Morgan fingerprint density at radius 1 is 1.13 bits per heavy atom. The predicted molar refractivity (Wildman–Crippen MR) is 149 cm³/mol. The van der Waals surface area contributed by atoms with Crippen LogP contribution in [0.3, 0.4) is 0 Å². The summed E-state index contributed by atoms with van der Waals surface area (Å²) >= 11 is 6.07. The number of carbonyl (C=O) groups excluding carboxylic acids is 1. The number of benzene rings is 2. The second-order valence-electron chi connectivity index (χ2n) is 10.3. The molecule has 12 heteroatoms. The first-order valence-electron chi connectivity index (χ1n) is 13.1. The molecule has 0 bridgehead atoms. The number of halogens is 1. The molecule has 2 aromatic carbocycles. The quantitative estimate of drug-likeness (QED) is 0.458. The fraction of sp³-hybridized carbons (Fsp3) is 0.444. The van der Waals surface area contributed by atoms with Gasteiger partial charge in [-0.25, -0.2) is 8.42 Å². The Kier molecular flexibility index (Phi) is 8.34. The number of likely N-dealkylation sites (N-methyl/N-ethyl adjacent to an activating group) is 1. The lowest BCUT2D eigenvalue weighted by Crippen LogP contribution is -2.47. The minimum Gasteiger partial charge on any atom is -0.338 e. The van der Waals surface area contributed by atoms with Crippen LogP contribution in [0.5, 0.6) is 0 Å². The van der Waals surface area contributed by atoms with Gasteiger partial charge < -0.3 is 14.7 Å². The molecule has 5 rings (SSSR count). The van der Waals surface area contributed by atoms with Gasteiger partial charge in [0.25, 0.3) is 0 Å². The van der Waals surface area contributed by atoms with E-state index in [2.05, 4.69) is 25.3 Å². The van der Waals surface area contributed by atoms with Crippen molar-refractivity contribution in [1.29, 1.82) is 0 Å². The number of amides is 1. The van der Waals surface area contributed by atoms with Crippen LogP contribution in [0.15, 0.2) is 51.9 Å². The number of aryl methyl sites for hydroxylation is 1. The highest BCUT2D eigenvalue weighted by atomic mass is 35.5. The minimum absolute atomic E-state index is 0.128. The zero-order valence-electron chi connectivity index (χ0n) is 22.1. The number of piperidine rings is 1. The van der Waals surface area contributed by atoms with Gasteiger partial charge in [-0.15, -0.1) is 0 Å². The first-order valence-corrected chi connectivity index (χ1v) is 14.9. The van der Waals surface area contributed by atoms with Crippen LogP contribution < -0.4 is 5.32 Å². The highest BCUT2D eigenvalue weighted by Crippen LogP contribution is 2.27. The number of carbonyl (C=O) groups is 1. The first-order chi connectivity index (χ1) is 18.7. The molecule has 2 fully saturated rings. The zero-order valence-corrected chi connectivity index (χ0v) is 23.7. The van der Waals surface area contributed by atoms with Crippen LogP contribution in [0.2, 0.25) is 5.02 Å². The maximum Gasteiger partial charge on any atom is 0.243 e. The average molecular weight is 573 g/mol. The highest BCUT2D eigenvalue weighted by molar-refractivity contribution is 7.89. The lowest BCUT2D eigenvalue weighted by molar-refractivity contribution is -0.121. The van der Waals surface area contributed by atoms with E-state index in [1.165, 1.54) is 4.31 Å². The molecule has 2 aliphatic rings. The SMILES string of the molecule is Cc1ccc(NC(=O)C2CCCN(Cc3nc(-c4cccc(Cl)c4)no3)C2)cc1S(=O)(=O)N1CCN(C)CC1. The van der Waals surface area contributed by atoms with Crippen molar-refractivity contribution in [2.75, 3.05) is 51.6 Å². The summed E-state index contributed by atoms with van der Waals surface area (Å²) in [7, 11) is -1.66. The number of piperazine rings is 1. The second-order valence-corrected chi connectivity index (χ2v) is 12.6. The number of nitrogens with zero attached hydrogens (tertiary/aromatic N) is 5. The average Bonchev–Trinajstić information content (AvgIpc) is 3.38. The summed E-state index contributed by atoms with van der Waals surface area (Å²) in [5.74, 6) is 0.577. The molecule has 208 valence electrons. The summed E-state index contributed by atoms with van der Waals surface area (Å²) in [5.41, 5.74) is 1.92. The van der Waals surface area contributed by atoms with Gasteiger partial charge in [-0.05, 0) is 63.2 Å². The Bertz CT molecular complexity index is 1440. The predicted octanol–water partition coefficient (Wildman–Crippen LogP) is 3.49. The molecule has 1 amide bonds. The van der Waals surface area contributed by atoms with Crippen molar-refractivity contribution in [3.63, 3.8) is 0 Å². The Morgan fingerprint density at radius 3 is 2.69 bits per heavy atom. The van der Waals surface area contributed by atoms with Gasteiger partial charge in [0, 0.05) is 49.0 Å². The number of hydrogen-bond acceptors (Lipinski definition) is 8. The van der Waals surface area contributed by atoms with Crippen LogP contribution in [-0.2, 0) is 21.4 Å². The van der Waals surface area contributed by atoms with Crippen molar-refractivity contribution in [1.82, 2.24) is 24.2 Å². The highest BCUT2D eigenvalue weighted by Gasteiger charge is 2.30. The molecule has 1 unspecified atom stereocenters. The van der Waals surface area contributed by atoms with E-state index in [-0.39, 0.29) is 16.7 Å². The molecule has 3 heterocycles. The molecule has 1 atom stereocenters. The molecule has 1 N–H and O–H groups in total. The zero-order chi connectivity index (χ0) is 27.6. The van der Waals surface area contributed by atoms with Gasteiger partial charge in [0.2, 0.25) is 27.6 Å². The third-order valence-corrected chi connectivity index (χ3v) is 9.60. The summed E-state index contributed by atoms with van der Waals surface area (Å²) in [5, 5.41) is 7.62. The van der Waals surface area contributed by atoms with E-state index in [0.29, 0.717) is 67.3 Å². The lowest BCUT2D eigenvalue weighted by Gasteiger charge is -2.32. The first kappa shape index (κ1) is 27.7. The number of aromatic nitrogens is 2. The smallest absolute Gasteiger partial charge is 0.243 e. The molecular formula is C27H33ClN6O4S. The van der Waals surface area contributed by atoms with Gasteiger partial charge in [-0.1, -0.05) is 35.0 Å². The van der Waals surface area contributed by atoms with E-state index in [9.17, 15) is 13.2 Å². The van der Waals surface area contributed by atoms with Crippen molar-refractivity contribution in [2.45, 2.75) is 31.2 Å². The standard InChI is InChI=1S/C27H33ClN6O4S/c1-19-8-9-23(16-24(19)39(36,37)34-13-11-32(2)12-14-34)29-27(35)21-6-4-10-33(17-21)18-25-30-26(31-38-25)20-5-3-7-22(28)15-20/h3,5,7-9,15-16,21H,4,6,10-14,17-18H2,1-2H3,(H,29,35). The molecule has 0 spiro atoms. The normalized spacial score (nSPS) is 19.7. The number of nitrogens with one attached hydrogen (secondary N) is 1. The molecular weight excluding hydrogens is 540 g/mol. The third kappa shape index (κ3) is 6.50. The van der Waals surface area contributed by atoms with E-state index in [4.69, 9.17) is 16.1 Å². The molecule has 0 saturated carbocycles. The maximum atomic E-state index is 13.3. The molecule has 2 saturated heterocycles. The van der Waals surface area contributed by atoms with Crippen LogP contribution in [-0.4, -0.2) is 84.9 Å². The summed E-state index contributed by atoms with van der Waals surface area (Å²) in [4.78, 5) is 22.2. The van der Waals surface area contributed by atoms with Crippen molar-refractivity contribution >= 4 is 33.2 Å². The molecule has 1 aromatic heterocycles. The van der Waals surface area contributed by atoms with Crippen molar-refractivity contribution in [2.24, 2.45) is 5.92 Å². The molecule has 10 nitrogen and oxygen atoms in total. The van der Waals surface area contributed by atoms with E-state index in [1.54, 1.807) is 37.3 Å². The molecule has 0 aliphatic carbocycles. The van der Waals surface area contributed by atoms with Crippen LogP contribution in [0.4, 0.5) is 5.69 Å². The van der Waals surface area contributed by atoms with E-state index in [0.717, 1.165) is 24.9 Å². The van der Waals surface area contributed by atoms with Crippen molar-refractivity contribution < 1.29 is 17.7 Å². The van der Waals surface area contributed by atoms with Crippen molar-refractivity contribution in [3.05, 3.63) is 58.9 Å². The Hall–Kier alpha value is -2.83. The number of hydrogen-bond donors (Lipinski definition) is 1. The Labute approximate surface area is 234 Å². The van der Waals surface area contributed by atoms with E-state index in [1.807, 2.05) is 19.2 Å². The number of likely N-dealkylation sites (tertiary alicyclic amines) is 1. The van der Waals surface area contributed by atoms with Crippen LogP contribution in [0, 0.1) is 12.8 Å². The molecule has 3 aromatic rings. The summed E-state index contributed by atoms with van der Waals surface area (Å²) < 4.78 is 33.7. The summed E-state index contributed by atoms with van der Waals surface area (Å²) in [6.45, 7) is 5.87. The van der Waals surface area contributed by atoms with Gasteiger partial charge in [0.15, 0.2) is 0 Å². The number of rotatable bonds is 7. The van der Waals surface area contributed by atoms with Gasteiger partial charge in [-0.3, -0.25) is 9.69 Å². The monoisotopic (exact) mass is 572 g/mol. The van der Waals surface area contributed by atoms with Crippen molar-refractivity contribution in [3.8, 4) is 11.4 Å². The van der Waals surface area contributed by atoms with E-state index < -0.39 is 10.0 Å². The number of sulfonamides is 1. The minimum atomic E-state index is -3.65. The van der Waals surface area contributed by atoms with Gasteiger partial charge in [0.05, 0.1) is 17.4 Å². The van der Waals surface area contributed by atoms with Gasteiger partial charge >= 0.3 is 0 Å². The molecule has 39 heavy (non-hydrogen) atoms. The maximum absolute atomic E-state index is 13.3. The second kappa shape index (κ2) is 11.7.